The molecule has 13 heavy (non-hydrogen) atoms. The van der Waals surface area contributed by atoms with Crippen molar-refractivity contribution in [2.45, 2.75) is 6.92 Å². The highest BCUT2D eigenvalue weighted by Gasteiger charge is 2.00. The topological polar surface area (TPSA) is 39.2 Å². The van der Waals surface area contributed by atoms with Crippen molar-refractivity contribution in [3.8, 4) is 11.1 Å². The summed E-state index contributed by atoms with van der Waals surface area (Å²) in [5, 5.41) is 0. The highest BCUT2D eigenvalue weighted by atomic mass is 16.3. The fourth-order valence-electron chi connectivity index (χ4n) is 1.31. The third-order valence-electron chi connectivity index (χ3n) is 1.95. The van der Waals surface area contributed by atoms with Crippen LogP contribution in [0.25, 0.3) is 11.1 Å². The summed E-state index contributed by atoms with van der Waals surface area (Å²) >= 11 is 0. The molecule has 0 atom stereocenters. The molecule has 1 aromatic carbocycles. The molecule has 2 rings (SSSR count). The van der Waals surface area contributed by atoms with Gasteiger partial charge in [0.2, 0.25) is 0 Å². The number of hydrogen-bond donors (Lipinski definition) is 1. The van der Waals surface area contributed by atoms with Gasteiger partial charge >= 0.3 is 0 Å². The van der Waals surface area contributed by atoms with E-state index in [2.05, 4.69) is 0 Å². The molecule has 0 radical (unpaired) electrons. The molecule has 2 N–H and O–H groups in total. The van der Waals surface area contributed by atoms with E-state index in [-0.39, 0.29) is 0 Å². The Bertz CT molecular complexity index is 418. The number of anilines is 1. The van der Waals surface area contributed by atoms with E-state index in [0.29, 0.717) is 0 Å². The molecule has 0 unspecified atom stereocenters. The minimum absolute atomic E-state index is 0.774. The molecule has 0 bridgehead atoms. The van der Waals surface area contributed by atoms with Crippen LogP contribution in [0.2, 0.25) is 0 Å². The van der Waals surface area contributed by atoms with Crippen molar-refractivity contribution in [1.82, 2.24) is 0 Å². The summed E-state index contributed by atoms with van der Waals surface area (Å²) in [6.45, 7) is 1.93. The zero-order valence-electron chi connectivity index (χ0n) is 7.45. The Balaban J connectivity index is 2.46. The van der Waals surface area contributed by atoms with Crippen LogP contribution in [0.15, 0.2) is 41.0 Å². The van der Waals surface area contributed by atoms with Gasteiger partial charge in [-0.3, -0.25) is 0 Å². The molecule has 1 heterocycles. The molecule has 2 nitrogen and oxygen atoms in total. The quantitative estimate of drug-likeness (QED) is 0.673. The van der Waals surface area contributed by atoms with Gasteiger partial charge in [-0.05, 0) is 30.7 Å². The summed E-state index contributed by atoms with van der Waals surface area (Å²) in [7, 11) is 0. The maximum Gasteiger partial charge on any atom is 0.101 e. The lowest BCUT2D eigenvalue weighted by molar-refractivity contribution is 0.535. The minimum atomic E-state index is 0.774. The van der Waals surface area contributed by atoms with Gasteiger partial charge in [-0.25, -0.2) is 0 Å². The summed E-state index contributed by atoms with van der Waals surface area (Å²) < 4.78 is 5.22. The Hall–Kier alpha value is -1.70. The number of aryl methyl sites for hydroxylation is 1. The number of nitrogens with two attached hydrogens (primary N) is 1. The summed E-state index contributed by atoms with van der Waals surface area (Å²) in [5.74, 6) is 0.914. The molecule has 1 aromatic heterocycles. The van der Waals surface area contributed by atoms with Crippen LogP contribution < -0.4 is 5.73 Å². The van der Waals surface area contributed by atoms with Crippen molar-refractivity contribution in [2.75, 3.05) is 5.73 Å². The number of nitrogen functional groups attached to an aromatic ring is 1. The molecule has 0 amide bonds. The molecule has 0 aliphatic carbocycles. The van der Waals surface area contributed by atoms with Crippen molar-refractivity contribution in [2.24, 2.45) is 0 Å². The second-order valence-corrected chi connectivity index (χ2v) is 3.07. The summed E-state index contributed by atoms with van der Waals surface area (Å²) in [6.07, 6.45) is 1.74. The highest BCUT2D eigenvalue weighted by molar-refractivity contribution is 5.66. The lowest BCUT2D eigenvalue weighted by Crippen LogP contribution is -1.83. The van der Waals surface area contributed by atoms with Crippen LogP contribution in [0.1, 0.15) is 5.76 Å². The number of benzene rings is 1. The summed E-state index contributed by atoms with van der Waals surface area (Å²) in [4.78, 5) is 0. The average molecular weight is 173 g/mol. The van der Waals surface area contributed by atoms with Gasteiger partial charge in [0.1, 0.15) is 5.76 Å². The molecule has 0 fully saturated rings. The Morgan fingerprint density at radius 1 is 1.15 bits per heavy atom. The van der Waals surface area contributed by atoms with Crippen molar-refractivity contribution in [1.29, 1.82) is 0 Å². The fraction of sp³-hybridized carbons (Fsp3) is 0.0909. The smallest absolute Gasteiger partial charge is 0.101 e. The van der Waals surface area contributed by atoms with Crippen LogP contribution in [0.3, 0.4) is 0 Å². The van der Waals surface area contributed by atoms with Crippen LogP contribution in [0.4, 0.5) is 5.69 Å². The first kappa shape index (κ1) is 7.92. The van der Waals surface area contributed by atoms with Crippen LogP contribution in [0.5, 0.6) is 0 Å². The van der Waals surface area contributed by atoms with E-state index in [0.717, 1.165) is 22.6 Å². The largest absolute Gasteiger partial charge is 0.469 e. The second kappa shape index (κ2) is 2.98. The van der Waals surface area contributed by atoms with E-state index in [1.54, 1.807) is 6.26 Å². The zero-order chi connectivity index (χ0) is 9.26. The predicted octanol–water partition coefficient (Wildman–Crippen LogP) is 2.84. The minimum Gasteiger partial charge on any atom is -0.469 e. The average Bonchev–Trinajstić information content (AvgIpc) is 2.52. The van der Waals surface area contributed by atoms with Crippen LogP contribution in [-0.4, -0.2) is 0 Å². The lowest BCUT2D eigenvalue weighted by Gasteiger charge is -1.97. The molecule has 0 spiro atoms. The van der Waals surface area contributed by atoms with Gasteiger partial charge in [-0.1, -0.05) is 12.1 Å². The Kier molecular flexibility index (Phi) is 1.81. The molecule has 0 aliphatic rings. The van der Waals surface area contributed by atoms with Gasteiger partial charge in [0.25, 0.3) is 0 Å². The van der Waals surface area contributed by atoms with E-state index in [1.165, 1.54) is 0 Å². The van der Waals surface area contributed by atoms with Crippen molar-refractivity contribution >= 4 is 5.69 Å². The third kappa shape index (κ3) is 1.56. The fourth-order valence-corrected chi connectivity index (χ4v) is 1.31. The van der Waals surface area contributed by atoms with Crippen molar-refractivity contribution in [3.05, 3.63) is 42.4 Å². The van der Waals surface area contributed by atoms with E-state index in [9.17, 15) is 0 Å². The first-order valence-corrected chi connectivity index (χ1v) is 4.17. The van der Waals surface area contributed by atoms with Gasteiger partial charge in [-0.2, -0.15) is 0 Å². The van der Waals surface area contributed by atoms with Crippen LogP contribution >= 0.6 is 0 Å². The first-order valence-electron chi connectivity index (χ1n) is 4.17. The maximum absolute atomic E-state index is 5.67. The van der Waals surface area contributed by atoms with Gasteiger partial charge < -0.3 is 10.2 Å². The monoisotopic (exact) mass is 173 g/mol. The van der Waals surface area contributed by atoms with E-state index < -0.39 is 0 Å². The summed E-state index contributed by atoms with van der Waals surface area (Å²) in [6, 6.07) is 9.75. The molecule has 0 saturated heterocycles. The van der Waals surface area contributed by atoms with E-state index in [1.807, 2.05) is 37.3 Å². The van der Waals surface area contributed by atoms with Crippen LogP contribution in [-0.2, 0) is 0 Å². The molecular formula is C11H11NO. The molecular weight excluding hydrogens is 162 g/mol. The zero-order valence-corrected chi connectivity index (χ0v) is 7.45. The van der Waals surface area contributed by atoms with Crippen LogP contribution in [0, 0.1) is 6.92 Å². The van der Waals surface area contributed by atoms with Crippen molar-refractivity contribution < 1.29 is 4.42 Å². The Labute approximate surface area is 77.0 Å². The van der Waals surface area contributed by atoms with Gasteiger partial charge in [0.15, 0.2) is 0 Å². The lowest BCUT2D eigenvalue weighted by atomic mass is 10.1. The van der Waals surface area contributed by atoms with Gasteiger partial charge in [0.05, 0.1) is 6.26 Å². The van der Waals surface area contributed by atoms with E-state index in [4.69, 9.17) is 10.2 Å². The predicted molar refractivity (Wildman–Crippen MR) is 53.3 cm³/mol. The molecule has 0 saturated carbocycles. The standard InChI is InChI=1S/C11H11NO/c1-8-5-10(7-13-8)9-3-2-4-11(12)6-9/h2-7H,12H2,1H3. The third-order valence-corrected chi connectivity index (χ3v) is 1.95. The SMILES string of the molecule is Cc1cc(-c2cccc(N)c2)co1. The Morgan fingerprint density at radius 3 is 2.62 bits per heavy atom. The first-order chi connectivity index (χ1) is 6.25. The van der Waals surface area contributed by atoms with E-state index >= 15 is 0 Å². The Morgan fingerprint density at radius 2 is 2.00 bits per heavy atom. The number of furan rings is 1. The van der Waals surface area contributed by atoms with Gasteiger partial charge in [0, 0.05) is 11.3 Å². The molecule has 0 aliphatic heterocycles. The van der Waals surface area contributed by atoms with Crippen molar-refractivity contribution in [3.63, 3.8) is 0 Å². The summed E-state index contributed by atoms with van der Waals surface area (Å²) in [5.41, 5.74) is 8.61. The molecule has 2 heteroatoms. The molecule has 2 aromatic rings. The normalized spacial score (nSPS) is 10.2. The second-order valence-electron chi connectivity index (χ2n) is 3.07. The van der Waals surface area contributed by atoms with Gasteiger partial charge in [-0.15, -0.1) is 0 Å². The number of hydrogen-bond acceptors (Lipinski definition) is 2. The molecule has 66 valence electrons. The number of rotatable bonds is 1. The highest BCUT2D eigenvalue weighted by Crippen LogP contribution is 2.23. The maximum atomic E-state index is 5.67.